The molecule has 122 valence electrons. The second kappa shape index (κ2) is 8.48. The van der Waals surface area contributed by atoms with E-state index in [-0.39, 0.29) is 5.91 Å². The summed E-state index contributed by atoms with van der Waals surface area (Å²) < 4.78 is 0. The van der Waals surface area contributed by atoms with E-state index in [9.17, 15) is 4.79 Å². The Labute approximate surface area is 141 Å². The molecule has 6 heteroatoms. The first-order valence-corrected chi connectivity index (χ1v) is 8.15. The number of benzene rings is 1. The van der Waals surface area contributed by atoms with E-state index in [0.717, 1.165) is 25.9 Å². The van der Waals surface area contributed by atoms with Gasteiger partial charge in [0.25, 0.3) is 5.91 Å². The van der Waals surface area contributed by atoms with Crippen molar-refractivity contribution >= 4 is 29.1 Å². The van der Waals surface area contributed by atoms with Gasteiger partial charge in [0.15, 0.2) is 0 Å². The van der Waals surface area contributed by atoms with Crippen LogP contribution in [0.15, 0.2) is 36.7 Å². The number of hydrogen-bond donors (Lipinski definition) is 1. The van der Waals surface area contributed by atoms with Gasteiger partial charge in [0, 0.05) is 36.2 Å². The van der Waals surface area contributed by atoms with Crippen molar-refractivity contribution in [2.24, 2.45) is 0 Å². The van der Waals surface area contributed by atoms with E-state index in [1.165, 1.54) is 0 Å². The molecule has 0 unspecified atom stereocenters. The maximum Gasteiger partial charge on any atom is 0.258 e. The van der Waals surface area contributed by atoms with Crippen molar-refractivity contribution in [1.82, 2.24) is 9.97 Å². The Hall–Kier alpha value is -2.14. The smallest absolute Gasteiger partial charge is 0.258 e. The van der Waals surface area contributed by atoms with Crippen molar-refractivity contribution < 1.29 is 4.79 Å². The first-order chi connectivity index (χ1) is 11.1. The van der Waals surface area contributed by atoms with Crippen molar-refractivity contribution in [1.29, 1.82) is 0 Å². The molecule has 0 aliphatic rings. The molecule has 23 heavy (non-hydrogen) atoms. The van der Waals surface area contributed by atoms with E-state index in [1.807, 2.05) is 0 Å². The van der Waals surface area contributed by atoms with Gasteiger partial charge in [-0.1, -0.05) is 25.4 Å². The van der Waals surface area contributed by atoms with Gasteiger partial charge >= 0.3 is 0 Å². The number of carbonyl (C=O) groups excluding carboxylic acids is 1. The summed E-state index contributed by atoms with van der Waals surface area (Å²) in [7, 11) is 0. The minimum absolute atomic E-state index is 0.239. The Balaban J connectivity index is 2.05. The summed E-state index contributed by atoms with van der Waals surface area (Å²) in [4.78, 5) is 23.0. The van der Waals surface area contributed by atoms with Crippen LogP contribution in [0.25, 0.3) is 0 Å². The predicted molar refractivity (Wildman–Crippen MR) is 94.2 cm³/mol. The van der Waals surface area contributed by atoms with Gasteiger partial charge in [-0.05, 0) is 37.1 Å². The van der Waals surface area contributed by atoms with E-state index in [2.05, 4.69) is 34.0 Å². The lowest BCUT2D eigenvalue weighted by molar-refractivity contribution is 0.102. The highest BCUT2D eigenvalue weighted by atomic mass is 35.5. The fourth-order valence-corrected chi connectivity index (χ4v) is 2.32. The van der Waals surface area contributed by atoms with Gasteiger partial charge < -0.3 is 10.2 Å². The van der Waals surface area contributed by atoms with Crippen LogP contribution in [0.4, 0.5) is 11.6 Å². The zero-order valence-electron chi connectivity index (χ0n) is 13.4. The lowest BCUT2D eigenvalue weighted by Gasteiger charge is -2.21. The standard InChI is InChI=1S/C17H21ClN4O/c1-3-9-22(10-4-2)17-19-11-13(12-20-17)16(23)21-15-7-5-14(18)6-8-15/h5-8,11-12H,3-4,9-10H2,1-2H3,(H,21,23). The first-order valence-electron chi connectivity index (χ1n) is 7.78. The summed E-state index contributed by atoms with van der Waals surface area (Å²) in [5.74, 6) is 0.424. The fraction of sp³-hybridized carbons (Fsp3) is 0.353. The van der Waals surface area contributed by atoms with Gasteiger partial charge in [0.1, 0.15) is 0 Å². The summed E-state index contributed by atoms with van der Waals surface area (Å²) in [6.45, 7) is 6.06. The van der Waals surface area contributed by atoms with Crippen LogP contribution >= 0.6 is 11.6 Å². The number of nitrogens with one attached hydrogen (secondary N) is 1. The van der Waals surface area contributed by atoms with Crippen LogP contribution in [0.3, 0.4) is 0 Å². The normalized spacial score (nSPS) is 10.4. The molecule has 2 aromatic rings. The van der Waals surface area contributed by atoms with Crippen molar-refractivity contribution in [2.75, 3.05) is 23.3 Å². The molecule has 5 nitrogen and oxygen atoms in total. The molecule has 1 aromatic heterocycles. The Bertz CT molecular complexity index is 622. The van der Waals surface area contributed by atoms with Gasteiger partial charge in [-0.2, -0.15) is 0 Å². The van der Waals surface area contributed by atoms with E-state index < -0.39 is 0 Å². The highest BCUT2D eigenvalue weighted by Gasteiger charge is 2.11. The SMILES string of the molecule is CCCN(CCC)c1ncc(C(=O)Nc2ccc(Cl)cc2)cn1. The van der Waals surface area contributed by atoms with Gasteiger partial charge in [-0.15, -0.1) is 0 Å². The van der Waals surface area contributed by atoms with Crippen molar-refractivity contribution in [3.63, 3.8) is 0 Å². The zero-order chi connectivity index (χ0) is 16.7. The quantitative estimate of drug-likeness (QED) is 0.832. The maximum absolute atomic E-state index is 12.2. The van der Waals surface area contributed by atoms with Crippen LogP contribution in [-0.2, 0) is 0 Å². The Kier molecular flexibility index (Phi) is 6.35. The van der Waals surface area contributed by atoms with E-state index >= 15 is 0 Å². The largest absolute Gasteiger partial charge is 0.341 e. The highest BCUT2D eigenvalue weighted by molar-refractivity contribution is 6.30. The highest BCUT2D eigenvalue weighted by Crippen LogP contribution is 2.15. The molecule has 0 saturated heterocycles. The monoisotopic (exact) mass is 332 g/mol. The molecule has 0 radical (unpaired) electrons. The minimum Gasteiger partial charge on any atom is -0.341 e. The Morgan fingerprint density at radius 3 is 2.17 bits per heavy atom. The average molecular weight is 333 g/mol. The average Bonchev–Trinajstić information content (AvgIpc) is 2.57. The van der Waals surface area contributed by atoms with Crippen molar-refractivity contribution in [3.8, 4) is 0 Å². The van der Waals surface area contributed by atoms with Crippen LogP contribution < -0.4 is 10.2 Å². The summed E-state index contributed by atoms with van der Waals surface area (Å²) in [6.07, 6.45) is 5.18. The molecule has 0 atom stereocenters. The van der Waals surface area contributed by atoms with Crippen LogP contribution in [0.2, 0.25) is 5.02 Å². The summed E-state index contributed by atoms with van der Waals surface area (Å²) >= 11 is 5.83. The number of nitrogens with zero attached hydrogens (tertiary/aromatic N) is 3. The molecule has 2 rings (SSSR count). The molecule has 0 aliphatic heterocycles. The number of halogens is 1. The second-order valence-electron chi connectivity index (χ2n) is 5.22. The van der Waals surface area contributed by atoms with Crippen LogP contribution in [-0.4, -0.2) is 29.0 Å². The first kappa shape index (κ1) is 17.2. The third kappa shape index (κ3) is 4.93. The number of rotatable bonds is 7. The molecule has 0 saturated carbocycles. The predicted octanol–water partition coefficient (Wildman–Crippen LogP) is 4.01. The van der Waals surface area contributed by atoms with Crippen molar-refractivity contribution in [2.45, 2.75) is 26.7 Å². The van der Waals surface area contributed by atoms with E-state index in [1.54, 1.807) is 36.7 Å². The number of aromatic nitrogens is 2. The molecular weight excluding hydrogens is 312 g/mol. The maximum atomic E-state index is 12.2. The van der Waals surface area contributed by atoms with Crippen LogP contribution in [0.5, 0.6) is 0 Å². The second-order valence-corrected chi connectivity index (χ2v) is 5.66. The molecule has 1 N–H and O–H groups in total. The molecule has 0 bridgehead atoms. The van der Waals surface area contributed by atoms with Crippen molar-refractivity contribution in [3.05, 3.63) is 47.2 Å². The fourth-order valence-electron chi connectivity index (χ4n) is 2.19. The number of anilines is 2. The Morgan fingerprint density at radius 2 is 1.65 bits per heavy atom. The van der Waals surface area contributed by atoms with E-state index in [4.69, 9.17) is 11.6 Å². The molecule has 0 fully saturated rings. The number of hydrogen-bond acceptors (Lipinski definition) is 4. The summed E-state index contributed by atoms with van der Waals surface area (Å²) in [5, 5.41) is 3.42. The number of carbonyl (C=O) groups is 1. The summed E-state index contributed by atoms with van der Waals surface area (Å²) in [5.41, 5.74) is 1.11. The lowest BCUT2D eigenvalue weighted by Crippen LogP contribution is -2.27. The van der Waals surface area contributed by atoms with Gasteiger partial charge in [0.05, 0.1) is 5.56 Å². The van der Waals surface area contributed by atoms with Gasteiger partial charge in [-0.25, -0.2) is 9.97 Å². The minimum atomic E-state index is -0.239. The molecular formula is C17H21ClN4O. The van der Waals surface area contributed by atoms with Gasteiger partial charge in [0.2, 0.25) is 5.95 Å². The molecule has 1 amide bonds. The third-order valence-electron chi connectivity index (χ3n) is 3.27. The van der Waals surface area contributed by atoms with E-state index in [0.29, 0.717) is 22.2 Å². The lowest BCUT2D eigenvalue weighted by atomic mass is 10.3. The van der Waals surface area contributed by atoms with Crippen LogP contribution in [0.1, 0.15) is 37.0 Å². The van der Waals surface area contributed by atoms with Gasteiger partial charge in [-0.3, -0.25) is 4.79 Å². The number of amides is 1. The molecule has 1 aromatic carbocycles. The third-order valence-corrected chi connectivity index (χ3v) is 3.52. The summed E-state index contributed by atoms with van der Waals surface area (Å²) in [6, 6.07) is 6.95. The molecule has 1 heterocycles. The Morgan fingerprint density at radius 1 is 1.09 bits per heavy atom. The topological polar surface area (TPSA) is 58.1 Å². The zero-order valence-corrected chi connectivity index (χ0v) is 14.2. The molecule has 0 aliphatic carbocycles. The van der Waals surface area contributed by atoms with Crippen LogP contribution in [0, 0.1) is 0 Å². The molecule has 0 spiro atoms.